The van der Waals surface area contributed by atoms with Crippen LogP contribution in [0.1, 0.15) is 18.0 Å². The Kier molecular flexibility index (Phi) is 2.32. The van der Waals surface area contributed by atoms with Crippen molar-refractivity contribution in [1.29, 1.82) is 0 Å². The minimum atomic E-state index is -2.83. The summed E-state index contributed by atoms with van der Waals surface area (Å²) >= 11 is 0. The molecule has 2 N–H and O–H groups in total. The van der Waals surface area contributed by atoms with Gasteiger partial charge >= 0.3 is 0 Å². The molecular weight excluding hydrogens is 202 g/mol. The number of hydrogen-bond acceptors (Lipinski definition) is 4. The van der Waals surface area contributed by atoms with Gasteiger partial charge in [0.1, 0.15) is 0 Å². The van der Waals surface area contributed by atoms with Crippen LogP contribution in [0.15, 0.2) is 12.4 Å². The molecule has 2 heterocycles. The third-order valence-electron chi connectivity index (χ3n) is 2.47. The molecule has 1 atom stereocenters. The fourth-order valence-corrected chi connectivity index (χ4v) is 3.37. The van der Waals surface area contributed by atoms with Gasteiger partial charge in [0.05, 0.1) is 23.7 Å². The van der Waals surface area contributed by atoms with Gasteiger partial charge in [-0.2, -0.15) is 5.10 Å². The van der Waals surface area contributed by atoms with Gasteiger partial charge < -0.3 is 5.73 Å². The van der Waals surface area contributed by atoms with Crippen LogP contribution in [-0.4, -0.2) is 29.7 Å². The number of nitrogens with zero attached hydrogens (tertiary/aromatic N) is 2. The van der Waals surface area contributed by atoms with Crippen LogP contribution in [0, 0.1) is 0 Å². The Morgan fingerprint density at radius 2 is 2.43 bits per heavy atom. The van der Waals surface area contributed by atoms with Crippen LogP contribution in [0.4, 0.5) is 0 Å². The highest BCUT2D eigenvalue weighted by Crippen LogP contribution is 2.22. The summed E-state index contributed by atoms with van der Waals surface area (Å²) in [6, 6.07) is 0.000278. The second-order valence-electron chi connectivity index (χ2n) is 3.59. The molecule has 14 heavy (non-hydrogen) atoms. The molecule has 1 aliphatic heterocycles. The van der Waals surface area contributed by atoms with Crippen LogP contribution in [0.5, 0.6) is 0 Å². The van der Waals surface area contributed by atoms with Crippen LogP contribution in [-0.2, 0) is 16.4 Å². The molecule has 0 amide bonds. The van der Waals surface area contributed by atoms with Crippen molar-refractivity contribution in [2.75, 3.05) is 11.5 Å². The van der Waals surface area contributed by atoms with Crippen molar-refractivity contribution in [1.82, 2.24) is 9.78 Å². The average molecular weight is 215 g/mol. The molecule has 5 nitrogen and oxygen atoms in total. The van der Waals surface area contributed by atoms with Crippen LogP contribution in [0.2, 0.25) is 0 Å². The third-order valence-corrected chi connectivity index (χ3v) is 4.22. The third kappa shape index (κ3) is 1.80. The largest absolute Gasteiger partial charge is 0.326 e. The molecule has 0 aromatic carbocycles. The normalized spacial score (nSPS) is 25.4. The molecule has 0 bridgehead atoms. The van der Waals surface area contributed by atoms with E-state index >= 15 is 0 Å². The molecule has 1 fully saturated rings. The molecule has 0 aliphatic carbocycles. The van der Waals surface area contributed by atoms with E-state index in [1.54, 1.807) is 10.9 Å². The van der Waals surface area contributed by atoms with Gasteiger partial charge in [-0.25, -0.2) is 8.42 Å². The quantitative estimate of drug-likeness (QED) is 0.734. The molecule has 1 aromatic heterocycles. The Morgan fingerprint density at radius 3 is 2.93 bits per heavy atom. The van der Waals surface area contributed by atoms with E-state index in [1.807, 2.05) is 6.20 Å². The van der Waals surface area contributed by atoms with E-state index in [1.165, 1.54) is 0 Å². The van der Waals surface area contributed by atoms with E-state index in [0.717, 1.165) is 5.56 Å². The lowest BCUT2D eigenvalue weighted by Crippen LogP contribution is -2.11. The summed E-state index contributed by atoms with van der Waals surface area (Å²) in [5.74, 6) is 0.480. The molecule has 2 rings (SSSR count). The topological polar surface area (TPSA) is 78.0 Å². The Labute approximate surface area is 82.8 Å². The van der Waals surface area contributed by atoms with E-state index in [4.69, 9.17) is 5.73 Å². The minimum absolute atomic E-state index is 0.000278. The highest BCUT2D eigenvalue weighted by atomic mass is 32.2. The average Bonchev–Trinajstić information content (AvgIpc) is 2.70. The van der Waals surface area contributed by atoms with Gasteiger partial charge in [0.15, 0.2) is 9.84 Å². The summed E-state index contributed by atoms with van der Waals surface area (Å²) in [5.41, 5.74) is 6.38. The van der Waals surface area contributed by atoms with Crippen molar-refractivity contribution in [3.63, 3.8) is 0 Å². The first-order valence-electron chi connectivity index (χ1n) is 4.54. The lowest BCUT2D eigenvalue weighted by molar-refractivity contribution is 0.499. The summed E-state index contributed by atoms with van der Waals surface area (Å²) in [4.78, 5) is 0. The standard InChI is InChI=1S/C8H13N3O2S/c9-3-7-4-10-11(5-7)8-1-2-14(12,13)6-8/h4-5,8H,1-3,6,9H2. The summed E-state index contributed by atoms with van der Waals surface area (Å²) in [6.07, 6.45) is 4.17. The fourth-order valence-electron chi connectivity index (χ4n) is 1.67. The van der Waals surface area contributed by atoms with Gasteiger partial charge in [-0.05, 0) is 6.42 Å². The SMILES string of the molecule is NCc1cnn(C2CCS(=O)(=O)C2)c1. The molecule has 1 aromatic rings. The molecule has 0 radical (unpaired) electrons. The molecular formula is C8H13N3O2S. The van der Waals surface area contributed by atoms with Gasteiger partial charge in [0.25, 0.3) is 0 Å². The van der Waals surface area contributed by atoms with Crippen LogP contribution >= 0.6 is 0 Å². The fraction of sp³-hybridized carbons (Fsp3) is 0.625. The Bertz CT molecular complexity index is 424. The molecule has 78 valence electrons. The van der Waals surface area contributed by atoms with Crippen LogP contribution in [0.3, 0.4) is 0 Å². The molecule has 6 heteroatoms. The zero-order valence-electron chi connectivity index (χ0n) is 7.76. The Hall–Kier alpha value is -0.880. The maximum atomic E-state index is 11.2. The summed E-state index contributed by atoms with van der Waals surface area (Å²) in [6.45, 7) is 0.444. The van der Waals surface area contributed by atoms with Crippen LogP contribution < -0.4 is 5.73 Å². The van der Waals surface area contributed by atoms with Crippen molar-refractivity contribution < 1.29 is 8.42 Å². The predicted molar refractivity (Wildman–Crippen MR) is 52.4 cm³/mol. The molecule has 0 saturated carbocycles. The second kappa shape index (κ2) is 3.36. The first kappa shape index (κ1) is 9.67. The monoisotopic (exact) mass is 215 g/mol. The molecule has 1 unspecified atom stereocenters. The predicted octanol–water partition coefficient (Wildman–Crippen LogP) is -0.299. The van der Waals surface area contributed by atoms with Crippen molar-refractivity contribution >= 4 is 9.84 Å². The highest BCUT2D eigenvalue weighted by molar-refractivity contribution is 7.91. The second-order valence-corrected chi connectivity index (χ2v) is 5.82. The number of rotatable bonds is 2. The van der Waals surface area contributed by atoms with Crippen LogP contribution in [0.25, 0.3) is 0 Å². The lowest BCUT2D eigenvalue weighted by Gasteiger charge is -2.06. The maximum Gasteiger partial charge on any atom is 0.152 e. The first-order valence-corrected chi connectivity index (χ1v) is 6.36. The number of nitrogens with two attached hydrogens (primary N) is 1. The van der Waals surface area contributed by atoms with E-state index < -0.39 is 9.84 Å². The Morgan fingerprint density at radius 1 is 1.64 bits per heavy atom. The smallest absolute Gasteiger partial charge is 0.152 e. The molecule has 0 spiro atoms. The van der Waals surface area contributed by atoms with E-state index in [-0.39, 0.29) is 17.5 Å². The van der Waals surface area contributed by atoms with Crippen molar-refractivity contribution in [2.24, 2.45) is 5.73 Å². The van der Waals surface area contributed by atoms with E-state index in [9.17, 15) is 8.42 Å². The summed E-state index contributed by atoms with van der Waals surface area (Å²) in [7, 11) is -2.83. The van der Waals surface area contributed by atoms with Gasteiger partial charge in [0.2, 0.25) is 0 Å². The van der Waals surface area contributed by atoms with Crippen molar-refractivity contribution in [3.8, 4) is 0 Å². The van der Waals surface area contributed by atoms with Gasteiger partial charge in [-0.15, -0.1) is 0 Å². The summed E-state index contributed by atoms with van der Waals surface area (Å²) in [5, 5.41) is 4.11. The van der Waals surface area contributed by atoms with Crippen molar-refractivity contribution in [2.45, 2.75) is 19.0 Å². The molecule has 1 saturated heterocycles. The van der Waals surface area contributed by atoms with Crippen molar-refractivity contribution in [3.05, 3.63) is 18.0 Å². The number of sulfone groups is 1. The highest BCUT2D eigenvalue weighted by Gasteiger charge is 2.29. The Balaban J connectivity index is 2.17. The maximum absolute atomic E-state index is 11.2. The van der Waals surface area contributed by atoms with Gasteiger partial charge in [0, 0.05) is 18.3 Å². The van der Waals surface area contributed by atoms with E-state index in [0.29, 0.717) is 13.0 Å². The minimum Gasteiger partial charge on any atom is -0.326 e. The van der Waals surface area contributed by atoms with Gasteiger partial charge in [-0.3, -0.25) is 4.68 Å². The van der Waals surface area contributed by atoms with Gasteiger partial charge in [-0.1, -0.05) is 0 Å². The first-order chi connectivity index (χ1) is 6.61. The number of aromatic nitrogens is 2. The zero-order chi connectivity index (χ0) is 10.2. The lowest BCUT2D eigenvalue weighted by atomic mass is 10.3. The van der Waals surface area contributed by atoms with E-state index in [2.05, 4.69) is 5.10 Å². The number of hydrogen-bond donors (Lipinski definition) is 1. The molecule has 1 aliphatic rings. The zero-order valence-corrected chi connectivity index (χ0v) is 8.57. The summed E-state index contributed by atoms with van der Waals surface area (Å²) < 4.78 is 24.2.